The number of pyridine rings is 1. The molecule has 2 atom stereocenters. The lowest BCUT2D eigenvalue weighted by molar-refractivity contribution is 0.156. The summed E-state index contributed by atoms with van der Waals surface area (Å²) in [4.78, 5) is 6.78. The number of piperidine rings is 1. The van der Waals surface area contributed by atoms with Gasteiger partial charge in [-0.05, 0) is 24.5 Å². The fraction of sp³-hybridized carbons (Fsp3) is 0.583. The predicted molar refractivity (Wildman–Crippen MR) is 61.3 cm³/mol. The summed E-state index contributed by atoms with van der Waals surface area (Å²) in [6, 6.07) is 6.46. The van der Waals surface area contributed by atoms with Crippen LogP contribution in [-0.2, 0) is 6.54 Å². The molecule has 1 aromatic heterocycles. The van der Waals surface area contributed by atoms with Crippen LogP contribution in [-0.4, -0.2) is 29.0 Å². The Bertz CT molecular complexity index is 299. The van der Waals surface area contributed by atoms with Crippen molar-refractivity contribution >= 4 is 0 Å². The molecule has 3 heteroatoms. The highest BCUT2D eigenvalue weighted by Crippen LogP contribution is 2.16. The molecular weight excluding hydrogens is 186 g/mol. The minimum Gasteiger partial charge on any atom is -0.327 e. The van der Waals surface area contributed by atoms with Gasteiger partial charge in [0.2, 0.25) is 0 Å². The minimum absolute atomic E-state index is 0.380. The van der Waals surface area contributed by atoms with Gasteiger partial charge in [0.15, 0.2) is 0 Å². The first-order valence-corrected chi connectivity index (χ1v) is 5.63. The van der Waals surface area contributed by atoms with Gasteiger partial charge in [0.1, 0.15) is 0 Å². The van der Waals surface area contributed by atoms with Crippen LogP contribution in [0.1, 0.15) is 19.0 Å². The molecule has 82 valence electrons. The molecule has 1 fully saturated rings. The number of aromatic nitrogens is 1. The third kappa shape index (κ3) is 2.76. The van der Waals surface area contributed by atoms with Crippen molar-refractivity contribution in [3.05, 3.63) is 30.1 Å². The molecule has 1 aliphatic rings. The van der Waals surface area contributed by atoms with Gasteiger partial charge >= 0.3 is 0 Å². The maximum Gasteiger partial charge on any atom is 0.0543 e. The summed E-state index contributed by atoms with van der Waals surface area (Å²) in [5.41, 5.74) is 7.14. The smallest absolute Gasteiger partial charge is 0.0543 e. The van der Waals surface area contributed by atoms with Crippen LogP contribution in [0.4, 0.5) is 0 Å². The van der Waals surface area contributed by atoms with Gasteiger partial charge in [0.05, 0.1) is 5.69 Å². The van der Waals surface area contributed by atoms with E-state index in [0.29, 0.717) is 12.0 Å². The van der Waals surface area contributed by atoms with E-state index in [0.717, 1.165) is 31.7 Å². The Morgan fingerprint density at radius 1 is 1.53 bits per heavy atom. The number of hydrogen-bond donors (Lipinski definition) is 1. The maximum absolute atomic E-state index is 5.99. The Morgan fingerprint density at radius 3 is 3.07 bits per heavy atom. The van der Waals surface area contributed by atoms with Crippen molar-refractivity contribution in [2.24, 2.45) is 11.7 Å². The van der Waals surface area contributed by atoms with Crippen LogP contribution in [0, 0.1) is 5.92 Å². The molecule has 1 aromatic rings. The maximum atomic E-state index is 5.99. The fourth-order valence-electron chi connectivity index (χ4n) is 2.11. The van der Waals surface area contributed by atoms with Crippen LogP contribution in [0.25, 0.3) is 0 Å². The quantitative estimate of drug-likeness (QED) is 0.790. The number of rotatable bonds is 2. The lowest BCUT2D eigenvalue weighted by atomic mass is 9.95. The molecule has 1 aliphatic heterocycles. The molecule has 0 amide bonds. The Morgan fingerprint density at radius 2 is 2.40 bits per heavy atom. The minimum atomic E-state index is 0.380. The van der Waals surface area contributed by atoms with E-state index in [2.05, 4.69) is 22.9 Å². The second-order valence-electron chi connectivity index (χ2n) is 4.49. The zero-order chi connectivity index (χ0) is 10.7. The third-order valence-electron chi connectivity index (χ3n) is 3.17. The van der Waals surface area contributed by atoms with Crippen molar-refractivity contribution in [2.45, 2.75) is 25.9 Å². The Labute approximate surface area is 91.3 Å². The van der Waals surface area contributed by atoms with Crippen LogP contribution >= 0.6 is 0 Å². The van der Waals surface area contributed by atoms with E-state index in [-0.39, 0.29) is 0 Å². The second kappa shape index (κ2) is 4.73. The van der Waals surface area contributed by atoms with Gasteiger partial charge in [-0.3, -0.25) is 9.88 Å². The average molecular weight is 205 g/mol. The van der Waals surface area contributed by atoms with E-state index in [1.165, 1.54) is 0 Å². The number of nitrogens with zero attached hydrogens (tertiary/aromatic N) is 2. The van der Waals surface area contributed by atoms with E-state index >= 15 is 0 Å². The zero-order valence-electron chi connectivity index (χ0n) is 9.26. The van der Waals surface area contributed by atoms with Crippen molar-refractivity contribution in [3.63, 3.8) is 0 Å². The average Bonchev–Trinajstić information content (AvgIpc) is 2.25. The molecule has 0 spiro atoms. The van der Waals surface area contributed by atoms with Crippen molar-refractivity contribution < 1.29 is 0 Å². The van der Waals surface area contributed by atoms with E-state index in [1.54, 1.807) is 0 Å². The SMILES string of the molecule is C[C@H]1CN(Cc2ccccn2)CC[C@@H]1N. The lowest BCUT2D eigenvalue weighted by Crippen LogP contribution is -2.45. The highest BCUT2D eigenvalue weighted by molar-refractivity contribution is 5.03. The van der Waals surface area contributed by atoms with Crippen LogP contribution in [0.2, 0.25) is 0 Å². The summed E-state index contributed by atoms with van der Waals surface area (Å²) >= 11 is 0. The molecular formula is C12H19N3. The summed E-state index contributed by atoms with van der Waals surface area (Å²) in [7, 11) is 0. The first kappa shape index (κ1) is 10.6. The predicted octanol–water partition coefficient (Wildman–Crippen LogP) is 1.25. The molecule has 15 heavy (non-hydrogen) atoms. The lowest BCUT2D eigenvalue weighted by Gasteiger charge is -2.34. The van der Waals surface area contributed by atoms with Gasteiger partial charge in [0.25, 0.3) is 0 Å². The van der Waals surface area contributed by atoms with E-state index < -0.39 is 0 Å². The first-order chi connectivity index (χ1) is 7.25. The van der Waals surface area contributed by atoms with Gasteiger partial charge in [0, 0.05) is 31.9 Å². The zero-order valence-corrected chi connectivity index (χ0v) is 9.26. The molecule has 0 unspecified atom stereocenters. The van der Waals surface area contributed by atoms with Gasteiger partial charge in [-0.2, -0.15) is 0 Å². The third-order valence-corrected chi connectivity index (χ3v) is 3.17. The van der Waals surface area contributed by atoms with Gasteiger partial charge in [-0.25, -0.2) is 0 Å². The van der Waals surface area contributed by atoms with Gasteiger partial charge in [-0.1, -0.05) is 13.0 Å². The summed E-state index contributed by atoms with van der Waals surface area (Å²) in [6.45, 7) is 5.38. The second-order valence-corrected chi connectivity index (χ2v) is 4.49. The molecule has 2 heterocycles. The molecule has 0 saturated carbocycles. The number of likely N-dealkylation sites (tertiary alicyclic amines) is 1. The Balaban J connectivity index is 1.91. The highest BCUT2D eigenvalue weighted by Gasteiger charge is 2.22. The van der Waals surface area contributed by atoms with E-state index in [1.807, 2.05) is 18.3 Å². The summed E-state index contributed by atoms with van der Waals surface area (Å²) in [5, 5.41) is 0. The van der Waals surface area contributed by atoms with Crippen LogP contribution in [0.15, 0.2) is 24.4 Å². The Hall–Kier alpha value is -0.930. The summed E-state index contributed by atoms with van der Waals surface area (Å²) < 4.78 is 0. The molecule has 0 bridgehead atoms. The van der Waals surface area contributed by atoms with Crippen molar-refractivity contribution in [2.75, 3.05) is 13.1 Å². The number of nitrogens with two attached hydrogens (primary N) is 1. The summed E-state index contributed by atoms with van der Waals surface area (Å²) in [5.74, 6) is 0.600. The van der Waals surface area contributed by atoms with Crippen LogP contribution < -0.4 is 5.73 Å². The number of hydrogen-bond acceptors (Lipinski definition) is 3. The first-order valence-electron chi connectivity index (χ1n) is 5.63. The topological polar surface area (TPSA) is 42.2 Å². The summed E-state index contributed by atoms with van der Waals surface area (Å²) in [6.07, 6.45) is 2.96. The highest BCUT2D eigenvalue weighted by atomic mass is 15.1. The van der Waals surface area contributed by atoms with Crippen molar-refractivity contribution in [3.8, 4) is 0 Å². The largest absolute Gasteiger partial charge is 0.327 e. The molecule has 0 radical (unpaired) electrons. The van der Waals surface area contributed by atoms with Gasteiger partial charge in [-0.15, -0.1) is 0 Å². The molecule has 1 saturated heterocycles. The van der Waals surface area contributed by atoms with Crippen molar-refractivity contribution in [1.82, 2.24) is 9.88 Å². The van der Waals surface area contributed by atoms with Crippen LogP contribution in [0.3, 0.4) is 0 Å². The molecule has 2 N–H and O–H groups in total. The standard InChI is InChI=1S/C12H19N3/c1-10-8-15(7-5-12(10)13)9-11-4-2-3-6-14-11/h2-4,6,10,12H,5,7-9,13H2,1H3/t10-,12-/m0/s1. The van der Waals surface area contributed by atoms with E-state index in [9.17, 15) is 0 Å². The van der Waals surface area contributed by atoms with Crippen molar-refractivity contribution in [1.29, 1.82) is 0 Å². The van der Waals surface area contributed by atoms with Crippen LogP contribution in [0.5, 0.6) is 0 Å². The molecule has 0 aromatic carbocycles. The van der Waals surface area contributed by atoms with E-state index in [4.69, 9.17) is 5.73 Å². The molecule has 3 nitrogen and oxygen atoms in total. The molecule has 0 aliphatic carbocycles. The monoisotopic (exact) mass is 205 g/mol. The Kier molecular flexibility index (Phi) is 3.34. The normalized spacial score (nSPS) is 27.9. The fourth-order valence-corrected chi connectivity index (χ4v) is 2.11. The molecule has 2 rings (SSSR count). The van der Waals surface area contributed by atoms with Gasteiger partial charge < -0.3 is 5.73 Å².